The number of rotatable bonds is 1. The smallest absolute Gasteiger partial charge is 0.0371 e. The number of nitrogens with zero attached hydrogens (tertiary/aromatic N) is 1. The van der Waals surface area contributed by atoms with Crippen LogP contribution in [0.15, 0.2) is 24.3 Å². The topological polar surface area (TPSA) is 3.24 Å². The molecule has 0 spiro atoms. The van der Waals surface area contributed by atoms with Gasteiger partial charge >= 0.3 is 0 Å². The highest BCUT2D eigenvalue weighted by atomic mass is 15.2. The molecule has 0 saturated carbocycles. The minimum atomic E-state index is 0.285. The summed E-state index contributed by atoms with van der Waals surface area (Å²) in [6.45, 7) is 10.5. The number of piperidine rings is 1. The van der Waals surface area contributed by atoms with Gasteiger partial charge in [-0.1, -0.05) is 24.6 Å². The molecule has 2 rings (SSSR count). The minimum Gasteiger partial charge on any atom is -0.366 e. The van der Waals surface area contributed by atoms with Crippen molar-refractivity contribution in [3.05, 3.63) is 29.8 Å². The van der Waals surface area contributed by atoms with Gasteiger partial charge in [0.1, 0.15) is 0 Å². The van der Waals surface area contributed by atoms with Crippen LogP contribution in [0.4, 0.5) is 5.69 Å². The normalized spacial score (nSPS) is 24.5. The van der Waals surface area contributed by atoms with E-state index in [1.54, 1.807) is 0 Å². The summed E-state index contributed by atoms with van der Waals surface area (Å²) in [5, 5.41) is 0. The summed E-state index contributed by atoms with van der Waals surface area (Å²) in [5.41, 5.74) is 3.00. The van der Waals surface area contributed by atoms with Crippen LogP contribution in [0.1, 0.15) is 39.2 Å². The van der Waals surface area contributed by atoms with Gasteiger partial charge in [-0.05, 0) is 51.7 Å². The Balaban J connectivity index is 2.28. The Hall–Kier alpha value is -0.980. The zero-order chi connectivity index (χ0) is 11.8. The Morgan fingerprint density at radius 2 is 1.81 bits per heavy atom. The summed E-state index contributed by atoms with van der Waals surface area (Å²) in [6, 6.07) is 8.94. The van der Waals surface area contributed by atoms with Crippen LogP contribution in [0, 0.1) is 12.8 Å². The lowest BCUT2D eigenvalue weighted by Gasteiger charge is -2.48. The molecular formula is C15H23N. The zero-order valence-corrected chi connectivity index (χ0v) is 11.0. The largest absolute Gasteiger partial charge is 0.366 e. The molecule has 0 aromatic heterocycles. The van der Waals surface area contributed by atoms with Crippen LogP contribution in [0.25, 0.3) is 0 Å². The fourth-order valence-electron chi connectivity index (χ4n) is 2.65. The van der Waals surface area contributed by atoms with Crippen molar-refractivity contribution >= 4 is 5.69 Å². The van der Waals surface area contributed by atoms with Crippen LogP contribution in [0.3, 0.4) is 0 Å². The molecular weight excluding hydrogens is 194 g/mol. The molecule has 1 heteroatoms. The summed E-state index contributed by atoms with van der Waals surface area (Å²) in [4.78, 5) is 2.57. The van der Waals surface area contributed by atoms with Crippen molar-refractivity contribution in [1.29, 1.82) is 0 Å². The summed E-state index contributed by atoms with van der Waals surface area (Å²) in [7, 11) is 0. The molecule has 0 amide bonds. The standard InChI is InChI=1S/C15H23N/c1-12-7-9-14(10-8-12)16-11-5-6-13(2)15(16,3)4/h7-10,13H,5-6,11H2,1-4H3. The van der Waals surface area contributed by atoms with E-state index in [-0.39, 0.29) is 5.54 Å². The summed E-state index contributed by atoms with van der Waals surface area (Å²) < 4.78 is 0. The molecule has 1 aromatic carbocycles. The van der Waals surface area contributed by atoms with Crippen LogP contribution >= 0.6 is 0 Å². The lowest BCUT2D eigenvalue weighted by Crippen LogP contribution is -2.52. The van der Waals surface area contributed by atoms with E-state index in [2.05, 4.69) is 56.9 Å². The first kappa shape index (κ1) is 11.5. The Morgan fingerprint density at radius 3 is 2.44 bits per heavy atom. The predicted octanol–water partition coefficient (Wildman–Crippen LogP) is 4.01. The number of aryl methyl sites for hydroxylation is 1. The molecule has 1 aliphatic heterocycles. The van der Waals surface area contributed by atoms with Gasteiger partial charge in [0.15, 0.2) is 0 Å². The fraction of sp³-hybridized carbons (Fsp3) is 0.600. The molecule has 1 atom stereocenters. The molecule has 0 N–H and O–H groups in total. The fourth-order valence-corrected chi connectivity index (χ4v) is 2.65. The number of benzene rings is 1. The van der Waals surface area contributed by atoms with Gasteiger partial charge in [0.2, 0.25) is 0 Å². The highest BCUT2D eigenvalue weighted by Crippen LogP contribution is 2.36. The van der Waals surface area contributed by atoms with Gasteiger partial charge in [0.05, 0.1) is 0 Å². The third-order valence-corrected chi connectivity index (χ3v) is 4.27. The van der Waals surface area contributed by atoms with Crippen molar-refractivity contribution in [3.8, 4) is 0 Å². The van der Waals surface area contributed by atoms with Gasteiger partial charge in [-0.2, -0.15) is 0 Å². The average Bonchev–Trinajstić information content (AvgIpc) is 2.24. The monoisotopic (exact) mass is 217 g/mol. The van der Waals surface area contributed by atoms with E-state index in [1.165, 1.54) is 30.6 Å². The van der Waals surface area contributed by atoms with Crippen molar-refractivity contribution in [1.82, 2.24) is 0 Å². The third-order valence-electron chi connectivity index (χ3n) is 4.27. The second-order valence-electron chi connectivity index (χ2n) is 5.68. The quantitative estimate of drug-likeness (QED) is 0.687. The van der Waals surface area contributed by atoms with E-state index in [0.717, 1.165) is 5.92 Å². The first-order valence-electron chi connectivity index (χ1n) is 6.36. The molecule has 1 unspecified atom stereocenters. The van der Waals surface area contributed by atoms with Gasteiger partial charge in [-0.3, -0.25) is 0 Å². The minimum absolute atomic E-state index is 0.285. The Morgan fingerprint density at radius 1 is 1.19 bits per heavy atom. The second kappa shape index (κ2) is 4.12. The van der Waals surface area contributed by atoms with Crippen molar-refractivity contribution in [3.63, 3.8) is 0 Å². The Labute approximate surface area is 99.5 Å². The second-order valence-corrected chi connectivity index (χ2v) is 5.68. The third kappa shape index (κ3) is 1.95. The maximum atomic E-state index is 2.57. The van der Waals surface area contributed by atoms with Crippen LogP contribution in [0.5, 0.6) is 0 Å². The average molecular weight is 217 g/mol. The molecule has 1 aromatic rings. The molecule has 1 aliphatic rings. The van der Waals surface area contributed by atoms with E-state index in [4.69, 9.17) is 0 Å². The van der Waals surface area contributed by atoms with Gasteiger partial charge in [0.25, 0.3) is 0 Å². The Kier molecular flexibility index (Phi) is 2.96. The van der Waals surface area contributed by atoms with Gasteiger partial charge < -0.3 is 4.90 Å². The molecule has 1 heterocycles. The summed E-state index contributed by atoms with van der Waals surface area (Å²) in [5.74, 6) is 0.766. The van der Waals surface area contributed by atoms with Crippen LogP contribution in [0.2, 0.25) is 0 Å². The first-order valence-corrected chi connectivity index (χ1v) is 6.36. The molecule has 88 valence electrons. The highest BCUT2D eigenvalue weighted by molar-refractivity contribution is 5.50. The molecule has 1 saturated heterocycles. The van der Waals surface area contributed by atoms with E-state index in [0.29, 0.717) is 0 Å². The lowest BCUT2D eigenvalue weighted by molar-refractivity contribution is 0.258. The van der Waals surface area contributed by atoms with Crippen molar-refractivity contribution < 1.29 is 0 Å². The van der Waals surface area contributed by atoms with Crippen LogP contribution in [-0.4, -0.2) is 12.1 Å². The van der Waals surface area contributed by atoms with Crippen LogP contribution in [-0.2, 0) is 0 Å². The van der Waals surface area contributed by atoms with Gasteiger partial charge in [0, 0.05) is 17.8 Å². The first-order chi connectivity index (χ1) is 7.51. The van der Waals surface area contributed by atoms with Crippen molar-refractivity contribution in [2.75, 3.05) is 11.4 Å². The highest BCUT2D eigenvalue weighted by Gasteiger charge is 2.35. The van der Waals surface area contributed by atoms with Crippen molar-refractivity contribution in [2.45, 2.75) is 46.1 Å². The van der Waals surface area contributed by atoms with Crippen molar-refractivity contribution in [2.24, 2.45) is 5.92 Å². The summed E-state index contributed by atoms with van der Waals surface area (Å²) >= 11 is 0. The van der Waals surface area contributed by atoms with E-state index >= 15 is 0 Å². The number of anilines is 1. The predicted molar refractivity (Wildman–Crippen MR) is 71.0 cm³/mol. The number of hydrogen-bond acceptors (Lipinski definition) is 1. The molecule has 0 bridgehead atoms. The lowest BCUT2D eigenvalue weighted by atomic mass is 9.80. The summed E-state index contributed by atoms with van der Waals surface area (Å²) in [6.07, 6.45) is 2.67. The maximum absolute atomic E-state index is 2.57. The van der Waals surface area contributed by atoms with Gasteiger partial charge in [-0.15, -0.1) is 0 Å². The zero-order valence-electron chi connectivity index (χ0n) is 11.0. The molecule has 0 aliphatic carbocycles. The molecule has 16 heavy (non-hydrogen) atoms. The SMILES string of the molecule is Cc1ccc(N2CCCC(C)C2(C)C)cc1. The van der Waals surface area contributed by atoms with E-state index < -0.39 is 0 Å². The molecule has 0 radical (unpaired) electrons. The maximum Gasteiger partial charge on any atom is 0.0371 e. The van der Waals surface area contributed by atoms with E-state index in [9.17, 15) is 0 Å². The van der Waals surface area contributed by atoms with Gasteiger partial charge in [-0.25, -0.2) is 0 Å². The molecule has 1 nitrogen and oxygen atoms in total. The van der Waals surface area contributed by atoms with E-state index in [1.807, 2.05) is 0 Å². The Bertz CT molecular complexity index is 350. The van der Waals surface area contributed by atoms with Crippen LogP contribution < -0.4 is 4.90 Å². The molecule has 1 fully saturated rings. The number of hydrogen-bond donors (Lipinski definition) is 0.